The number of halogens is 3. The van der Waals surface area contributed by atoms with Crippen LogP contribution in [0.25, 0.3) is 0 Å². The number of hydrogen-bond acceptors (Lipinski definition) is 7. The first-order valence-electron chi connectivity index (χ1n) is 13.1. The maximum Gasteiger partial charge on any atom is 0.407 e. The Kier molecular flexibility index (Phi) is 8.28. The fraction of sp³-hybridized carbons (Fsp3) is 0.885. The molecule has 4 aliphatic rings. The van der Waals surface area contributed by atoms with Gasteiger partial charge >= 0.3 is 18.0 Å². The predicted molar refractivity (Wildman–Crippen MR) is 138 cm³/mol. The molecule has 0 bridgehead atoms. The van der Waals surface area contributed by atoms with E-state index >= 15 is 0 Å². The van der Waals surface area contributed by atoms with E-state index in [1.807, 2.05) is 0 Å². The second-order valence-electron chi connectivity index (χ2n) is 12.0. The molecule has 11 heteroatoms. The highest BCUT2D eigenvalue weighted by Crippen LogP contribution is 2.67. The Bertz CT molecular complexity index is 913. The molecule has 8 nitrogen and oxygen atoms in total. The van der Waals surface area contributed by atoms with Crippen molar-refractivity contribution in [1.29, 1.82) is 0 Å². The zero-order valence-corrected chi connectivity index (χ0v) is 24.1. The van der Waals surface area contributed by atoms with Crippen molar-refractivity contribution in [2.24, 2.45) is 40.4 Å². The average Bonchev–Trinajstić information content (AvgIpc) is 3.13. The molecule has 2 N–H and O–H groups in total. The van der Waals surface area contributed by atoms with Crippen LogP contribution in [0, 0.1) is 40.4 Å². The van der Waals surface area contributed by atoms with Gasteiger partial charge in [0.2, 0.25) is 3.79 Å². The van der Waals surface area contributed by atoms with Crippen molar-refractivity contribution < 1.29 is 33.7 Å². The lowest BCUT2D eigenvalue weighted by atomic mass is 9.43. The van der Waals surface area contributed by atoms with E-state index in [4.69, 9.17) is 49.0 Å². The summed E-state index contributed by atoms with van der Waals surface area (Å²) >= 11 is 17.4. The number of aliphatic hydroxyl groups is 1. The average molecular weight is 583 g/mol. The molecule has 4 rings (SSSR count). The highest BCUT2D eigenvalue weighted by molar-refractivity contribution is 6.67. The number of esters is 2. The van der Waals surface area contributed by atoms with Crippen LogP contribution >= 0.6 is 34.8 Å². The molecule has 0 heterocycles. The molecule has 0 aromatic heterocycles. The van der Waals surface area contributed by atoms with E-state index in [0.717, 1.165) is 25.7 Å². The molecule has 0 aliphatic heterocycles. The van der Waals surface area contributed by atoms with E-state index < -0.39 is 34.7 Å². The summed E-state index contributed by atoms with van der Waals surface area (Å²) in [5, 5.41) is 13.9. The highest BCUT2D eigenvalue weighted by Gasteiger charge is 2.65. The van der Waals surface area contributed by atoms with Gasteiger partial charge in [0.25, 0.3) is 0 Å². The Hall–Kier alpha value is -0.960. The number of alkyl carbamates (subject to hydrolysis) is 1. The SMILES string of the molecule is COC(=O)C1CC[C@H]2[C@@H]3CCC4CC(O)C(OC(C)=O)C[C@]4(C)[C@@H]3C(NC(=O)OCC(Cl)(Cl)Cl)C[C@]12C. The zero-order valence-electron chi connectivity index (χ0n) is 21.8. The summed E-state index contributed by atoms with van der Waals surface area (Å²) in [5.41, 5.74) is -0.659. The number of fused-ring (bicyclic) bond motifs is 5. The molecule has 0 aromatic carbocycles. The summed E-state index contributed by atoms with van der Waals surface area (Å²) < 4.78 is 14.2. The van der Waals surface area contributed by atoms with Gasteiger partial charge in [0.15, 0.2) is 0 Å². The minimum atomic E-state index is -1.73. The van der Waals surface area contributed by atoms with Crippen molar-refractivity contribution in [2.45, 2.75) is 87.8 Å². The maximum atomic E-state index is 12.9. The summed E-state index contributed by atoms with van der Waals surface area (Å²) in [6, 6.07) is -0.319. The number of rotatable bonds is 4. The van der Waals surface area contributed by atoms with Crippen molar-refractivity contribution in [3.8, 4) is 0 Å². The van der Waals surface area contributed by atoms with Crippen LogP contribution in [0.1, 0.15) is 65.7 Å². The van der Waals surface area contributed by atoms with Gasteiger partial charge in [0.05, 0.1) is 19.1 Å². The lowest BCUT2D eigenvalue weighted by Crippen LogP contribution is -2.64. The first kappa shape index (κ1) is 29.0. The number of amides is 1. The molecule has 0 saturated heterocycles. The van der Waals surface area contributed by atoms with E-state index in [2.05, 4.69) is 19.2 Å². The Morgan fingerprint density at radius 2 is 1.76 bits per heavy atom. The van der Waals surface area contributed by atoms with Crippen LogP contribution in [-0.2, 0) is 23.8 Å². The number of methoxy groups -OCH3 is 1. The normalized spacial score (nSPS) is 43.0. The molecular weight excluding hydrogens is 545 g/mol. The molecule has 4 aliphatic carbocycles. The predicted octanol–water partition coefficient (Wildman–Crippen LogP) is 4.80. The van der Waals surface area contributed by atoms with Crippen LogP contribution in [0.3, 0.4) is 0 Å². The van der Waals surface area contributed by atoms with E-state index in [1.54, 1.807) is 0 Å². The number of nitrogens with one attached hydrogen (secondary N) is 1. The summed E-state index contributed by atoms with van der Waals surface area (Å²) in [5.74, 6) is -0.119. The second-order valence-corrected chi connectivity index (χ2v) is 14.6. The van der Waals surface area contributed by atoms with E-state index in [-0.39, 0.29) is 52.4 Å². The lowest BCUT2D eigenvalue weighted by Gasteiger charge is -2.63. The summed E-state index contributed by atoms with van der Waals surface area (Å²) in [4.78, 5) is 37.5. The van der Waals surface area contributed by atoms with E-state index in [0.29, 0.717) is 19.3 Å². The van der Waals surface area contributed by atoms with E-state index in [9.17, 15) is 19.5 Å². The zero-order chi connectivity index (χ0) is 27.3. The standard InChI is InChI=1S/C26H38Cl3NO7/c1-13(31)37-20-11-24(2)14(9-19(20)32)5-6-15-16-7-8-17(22(33)35-4)25(16,3)10-18(21(15)24)30-23(34)36-12-26(27,28)29/h14-21,32H,5-12H2,1-4H3,(H,30,34)/t14?,15-,16-,17?,18?,19?,20?,21-,24-,25-/m0/s1. The van der Waals surface area contributed by atoms with Crippen LogP contribution in [0.4, 0.5) is 4.79 Å². The van der Waals surface area contributed by atoms with Crippen LogP contribution in [0.5, 0.6) is 0 Å². The minimum Gasteiger partial charge on any atom is -0.469 e. The molecule has 210 valence electrons. The Morgan fingerprint density at radius 1 is 1.05 bits per heavy atom. The quantitative estimate of drug-likeness (QED) is 0.278. The number of ether oxygens (including phenoxy) is 3. The van der Waals surface area contributed by atoms with Gasteiger partial charge in [-0.15, -0.1) is 0 Å². The molecule has 0 spiro atoms. The van der Waals surface area contributed by atoms with Crippen LogP contribution < -0.4 is 5.32 Å². The molecule has 4 fully saturated rings. The maximum absolute atomic E-state index is 12.9. The van der Waals surface area contributed by atoms with Crippen molar-refractivity contribution in [2.75, 3.05) is 13.7 Å². The Balaban J connectivity index is 1.68. The Labute approximate surface area is 233 Å². The Morgan fingerprint density at radius 3 is 2.38 bits per heavy atom. The smallest absolute Gasteiger partial charge is 0.407 e. The number of alkyl halides is 3. The third-order valence-corrected chi connectivity index (χ3v) is 10.4. The molecular formula is C26H38Cl3NO7. The third kappa shape index (κ3) is 5.55. The largest absolute Gasteiger partial charge is 0.469 e. The second kappa shape index (κ2) is 10.5. The molecule has 0 aromatic rings. The highest BCUT2D eigenvalue weighted by atomic mass is 35.6. The minimum absolute atomic E-state index is 0.0339. The molecule has 0 radical (unpaired) electrons. The molecule has 37 heavy (non-hydrogen) atoms. The molecule has 1 amide bonds. The molecule has 10 atom stereocenters. The first-order valence-corrected chi connectivity index (χ1v) is 14.3. The third-order valence-electron chi connectivity index (χ3n) is 10.1. The number of aliphatic hydroxyl groups excluding tert-OH is 1. The van der Waals surface area contributed by atoms with Gasteiger partial charge in [0.1, 0.15) is 12.7 Å². The fourth-order valence-electron chi connectivity index (χ4n) is 8.78. The van der Waals surface area contributed by atoms with Gasteiger partial charge in [-0.1, -0.05) is 48.7 Å². The summed E-state index contributed by atoms with van der Waals surface area (Å²) in [6.07, 6.45) is 3.15. The van der Waals surface area contributed by atoms with Gasteiger partial charge < -0.3 is 24.6 Å². The van der Waals surface area contributed by atoms with Crippen molar-refractivity contribution in [1.82, 2.24) is 5.32 Å². The monoisotopic (exact) mass is 581 g/mol. The van der Waals surface area contributed by atoms with Crippen molar-refractivity contribution in [3.63, 3.8) is 0 Å². The van der Waals surface area contributed by atoms with Gasteiger partial charge in [0, 0.05) is 13.0 Å². The van der Waals surface area contributed by atoms with E-state index in [1.165, 1.54) is 14.0 Å². The number of carbonyl (C=O) groups excluding carboxylic acids is 3. The van der Waals surface area contributed by atoms with Gasteiger partial charge in [-0.25, -0.2) is 4.79 Å². The fourth-order valence-corrected chi connectivity index (χ4v) is 8.95. The van der Waals surface area contributed by atoms with Crippen LogP contribution in [0.15, 0.2) is 0 Å². The van der Waals surface area contributed by atoms with Crippen LogP contribution in [-0.4, -0.2) is 58.9 Å². The molecule has 4 saturated carbocycles. The van der Waals surface area contributed by atoms with Gasteiger partial charge in [-0.05, 0) is 79.4 Å². The topological polar surface area (TPSA) is 111 Å². The number of carbonyl (C=O) groups is 3. The summed E-state index contributed by atoms with van der Waals surface area (Å²) in [6.45, 7) is 5.31. The van der Waals surface area contributed by atoms with Gasteiger partial charge in [-0.3, -0.25) is 9.59 Å². The number of hydrogen-bond donors (Lipinski definition) is 2. The van der Waals surface area contributed by atoms with Crippen LogP contribution in [0.2, 0.25) is 0 Å². The van der Waals surface area contributed by atoms with Crippen molar-refractivity contribution in [3.05, 3.63) is 0 Å². The van der Waals surface area contributed by atoms with Gasteiger partial charge in [-0.2, -0.15) is 0 Å². The molecule has 5 unspecified atom stereocenters. The summed E-state index contributed by atoms with van der Waals surface area (Å²) in [7, 11) is 1.42. The lowest BCUT2D eigenvalue weighted by molar-refractivity contribution is -0.188. The van der Waals surface area contributed by atoms with Crippen molar-refractivity contribution >= 4 is 52.8 Å². The first-order chi connectivity index (χ1) is 17.2.